The summed E-state index contributed by atoms with van der Waals surface area (Å²) in [4.78, 5) is 37.2. The van der Waals surface area contributed by atoms with E-state index in [0.29, 0.717) is 52.2 Å². The molecule has 212 valence electrons. The van der Waals surface area contributed by atoms with Gasteiger partial charge in [-0.05, 0) is 61.4 Å². The number of unbranched alkanes of at least 4 members (excludes halogenated alkanes) is 2. The molecule has 9 nitrogen and oxygen atoms in total. The van der Waals surface area contributed by atoms with Crippen LogP contribution in [0.15, 0.2) is 66.5 Å². The van der Waals surface area contributed by atoms with E-state index in [1.54, 1.807) is 30.3 Å². The monoisotopic (exact) mass is 573 g/mol. The smallest absolute Gasteiger partial charge is 0.301 e. The van der Waals surface area contributed by atoms with Crippen LogP contribution in [0, 0.1) is 0 Å². The summed E-state index contributed by atoms with van der Waals surface area (Å²) in [5.41, 5.74) is 1.55. The number of hydrogen-bond acceptors (Lipinski definition) is 9. The summed E-state index contributed by atoms with van der Waals surface area (Å²) in [7, 11) is 1.54. The van der Waals surface area contributed by atoms with Gasteiger partial charge in [0.25, 0.3) is 5.78 Å². The van der Waals surface area contributed by atoms with E-state index in [2.05, 4.69) is 16.9 Å². The minimum Gasteiger partial charge on any atom is -0.507 e. The van der Waals surface area contributed by atoms with Crippen LogP contribution in [0.3, 0.4) is 0 Å². The first-order valence-electron chi connectivity index (χ1n) is 13.5. The molecule has 1 unspecified atom stereocenters. The van der Waals surface area contributed by atoms with Crippen LogP contribution >= 0.6 is 11.3 Å². The average Bonchev–Trinajstić information content (AvgIpc) is 3.53. The third-order valence-electron chi connectivity index (χ3n) is 6.77. The Balaban J connectivity index is 1.63. The highest BCUT2D eigenvalue weighted by Crippen LogP contribution is 2.46. The van der Waals surface area contributed by atoms with Crippen LogP contribution in [0.5, 0.6) is 17.2 Å². The first-order chi connectivity index (χ1) is 20.0. The molecule has 1 amide bonds. The fourth-order valence-electron chi connectivity index (χ4n) is 4.77. The number of thiazole rings is 1. The number of aliphatic hydroxyl groups excluding tert-OH is 1. The van der Waals surface area contributed by atoms with Crippen molar-refractivity contribution < 1.29 is 28.9 Å². The number of nitrogens with zero attached hydrogens (tertiary/aromatic N) is 3. The molecular weight excluding hydrogens is 542 g/mol. The Hall–Kier alpha value is -4.44. The predicted molar refractivity (Wildman–Crippen MR) is 158 cm³/mol. The number of carbonyl (C=O) groups excluding carboxylic acids is 2. The van der Waals surface area contributed by atoms with Crippen molar-refractivity contribution in [3.05, 3.63) is 77.6 Å². The van der Waals surface area contributed by atoms with Crippen molar-refractivity contribution in [2.75, 3.05) is 25.2 Å². The number of amides is 1. The summed E-state index contributed by atoms with van der Waals surface area (Å²) in [5, 5.41) is 11.7. The van der Waals surface area contributed by atoms with Crippen molar-refractivity contribution in [2.45, 2.75) is 39.2 Å². The number of hydrogen-bond donors (Lipinski definition) is 1. The Morgan fingerprint density at radius 1 is 1.00 bits per heavy atom. The fraction of sp³-hybridized carbons (Fsp3) is 0.290. The van der Waals surface area contributed by atoms with Crippen molar-refractivity contribution in [3.8, 4) is 17.2 Å². The molecule has 3 heterocycles. The maximum absolute atomic E-state index is 13.6. The quantitative estimate of drug-likeness (QED) is 0.0964. The van der Waals surface area contributed by atoms with Gasteiger partial charge in [0.05, 0.1) is 42.2 Å². The van der Waals surface area contributed by atoms with E-state index >= 15 is 0 Å². The molecule has 4 aromatic rings. The number of anilines is 1. The van der Waals surface area contributed by atoms with Crippen LogP contribution < -0.4 is 19.1 Å². The van der Waals surface area contributed by atoms with E-state index in [9.17, 15) is 14.7 Å². The van der Waals surface area contributed by atoms with Gasteiger partial charge in [-0.2, -0.15) is 0 Å². The summed E-state index contributed by atoms with van der Waals surface area (Å²) >= 11 is 1.27. The molecule has 1 aliphatic rings. The molecule has 1 saturated heterocycles. The van der Waals surface area contributed by atoms with Crippen LogP contribution in [0.2, 0.25) is 0 Å². The van der Waals surface area contributed by atoms with Gasteiger partial charge in [-0.15, -0.1) is 0 Å². The second-order valence-electron chi connectivity index (χ2n) is 9.43. The van der Waals surface area contributed by atoms with Crippen LogP contribution in [-0.2, 0) is 9.59 Å². The number of carbonyl (C=O) groups is 2. The number of rotatable bonds is 11. The number of methoxy groups -OCH3 is 1. The molecular formula is C31H31N3O6S. The maximum Gasteiger partial charge on any atom is 0.301 e. The molecule has 0 aliphatic carbocycles. The van der Waals surface area contributed by atoms with Gasteiger partial charge in [-0.25, -0.2) is 4.98 Å². The number of benzene rings is 2. The molecule has 5 rings (SSSR count). The second-order valence-corrected chi connectivity index (χ2v) is 10.4. The van der Waals surface area contributed by atoms with Gasteiger partial charge in [0, 0.05) is 18.0 Å². The van der Waals surface area contributed by atoms with Gasteiger partial charge in [0.2, 0.25) is 0 Å². The molecule has 0 saturated carbocycles. The van der Waals surface area contributed by atoms with Gasteiger partial charge in [0.15, 0.2) is 16.6 Å². The fourth-order valence-corrected chi connectivity index (χ4v) is 5.79. The predicted octanol–water partition coefficient (Wildman–Crippen LogP) is 6.29. The minimum absolute atomic E-state index is 0.0471. The molecule has 1 atom stereocenters. The van der Waals surface area contributed by atoms with Crippen LogP contribution in [0.1, 0.15) is 50.3 Å². The maximum atomic E-state index is 13.6. The third kappa shape index (κ3) is 5.60. The summed E-state index contributed by atoms with van der Waals surface area (Å²) in [6.45, 7) is 5.09. The Kier molecular flexibility index (Phi) is 8.49. The first kappa shape index (κ1) is 28.1. The molecule has 41 heavy (non-hydrogen) atoms. The van der Waals surface area contributed by atoms with Crippen LogP contribution in [0.4, 0.5) is 5.13 Å². The summed E-state index contributed by atoms with van der Waals surface area (Å²) in [5.74, 6) is -0.186. The highest BCUT2D eigenvalue weighted by atomic mass is 32.1. The summed E-state index contributed by atoms with van der Waals surface area (Å²) in [6, 6.07) is 13.0. The highest BCUT2D eigenvalue weighted by Gasteiger charge is 2.48. The lowest BCUT2D eigenvalue weighted by atomic mass is 9.95. The molecule has 10 heteroatoms. The molecule has 1 fully saturated rings. The lowest BCUT2D eigenvalue weighted by Crippen LogP contribution is -2.29. The van der Waals surface area contributed by atoms with Crippen LogP contribution in [0.25, 0.3) is 16.0 Å². The SMILES string of the molecule is CCCCCOc1ccc(C2C(=C(O)c3ccncc3)C(=O)C(=O)N2c2nc3ccc(OCC)cc3s2)cc1OC. The van der Waals surface area contributed by atoms with E-state index in [4.69, 9.17) is 14.2 Å². The molecule has 2 aromatic carbocycles. The van der Waals surface area contributed by atoms with Crippen molar-refractivity contribution >= 4 is 44.1 Å². The highest BCUT2D eigenvalue weighted by molar-refractivity contribution is 7.22. The van der Waals surface area contributed by atoms with E-state index in [-0.39, 0.29) is 11.3 Å². The molecule has 1 aliphatic heterocycles. The zero-order valence-electron chi connectivity index (χ0n) is 23.1. The lowest BCUT2D eigenvalue weighted by Gasteiger charge is -2.24. The van der Waals surface area contributed by atoms with E-state index in [0.717, 1.165) is 24.0 Å². The number of aromatic nitrogens is 2. The summed E-state index contributed by atoms with van der Waals surface area (Å²) < 4.78 is 18.0. The Labute approximate surface area is 242 Å². The number of aliphatic hydroxyl groups is 1. The number of fused-ring (bicyclic) bond motifs is 1. The number of ether oxygens (including phenoxy) is 3. The van der Waals surface area contributed by atoms with Crippen molar-refractivity contribution in [2.24, 2.45) is 0 Å². The standard InChI is InChI=1S/C31H31N3O6S/c1-4-6-7-16-40-23-11-8-20(17-24(23)38-3)27-26(28(35)19-12-14-32-15-13-19)29(36)30(37)34(27)31-33-22-10-9-21(39-5-2)18-25(22)41-31/h8-15,17-18,27,35H,4-7,16H2,1-3H3. The van der Waals surface area contributed by atoms with E-state index in [1.807, 2.05) is 25.1 Å². The Bertz CT molecular complexity index is 1600. The van der Waals surface area contributed by atoms with Crippen molar-refractivity contribution in [3.63, 3.8) is 0 Å². The summed E-state index contributed by atoms with van der Waals surface area (Å²) in [6.07, 6.45) is 6.07. The number of Topliss-reactive ketones (excluding diaryl/α,β-unsaturated/α-hetero) is 1. The van der Waals surface area contributed by atoms with Gasteiger partial charge in [0.1, 0.15) is 11.5 Å². The Morgan fingerprint density at radius 3 is 2.54 bits per heavy atom. The normalized spacial score (nSPS) is 16.4. The first-order valence-corrected chi connectivity index (χ1v) is 14.3. The molecule has 0 spiro atoms. The van der Waals surface area contributed by atoms with E-state index < -0.39 is 17.7 Å². The van der Waals surface area contributed by atoms with E-state index in [1.165, 1.54) is 35.7 Å². The van der Waals surface area contributed by atoms with Gasteiger partial charge < -0.3 is 19.3 Å². The second kappa shape index (κ2) is 12.4. The van der Waals surface area contributed by atoms with Gasteiger partial charge >= 0.3 is 5.91 Å². The van der Waals surface area contributed by atoms with Crippen LogP contribution in [-0.4, -0.2) is 47.1 Å². The number of pyridine rings is 1. The zero-order valence-corrected chi connectivity index (χ0v) is 23.9. The van der Waals surface area contributed by atoms with Gasteiger partial charge in [-0.1, -0.05) is 37.2 Å². The largest absolute Gasteiger partial charge is 0.507 e. The number of ketones is 1. The average molecular weight is 574 g/mol. The van der Waals surface area contributed by atoms with Crippen molar-refractivity contribution in [1.82, 2.24) is 9.97 Å². The third-order valence-corrected chi connectivity index (χ3v) is 7.79. The molecule has 0 bridgehead atoms. The minimum atomic E-state index is -0.960. The van der Waals surface area contributed by atoms with Crippen molar-refractivity contribution in [1.29, 1.82) is 0 Å². The van der Waals surface area contributed by atoms with Gasteiger partial charge in [-0.3, -0.25) is 19.5 Å². The Morgan fingerprint density at radius 2 is 1.80 bits per heavy atom. The molecule has 1 N–H and O–H groups in total. The lowest BCUT2D eigenvalue weighted by molar-refractivity contribution is -0.132. The molecule has 2 aromatic heterocycles. The zero-order chi connectivity index (χ0) is 28.9. The molecule has 0 radical (unpaired) electrons. The topological polar surface area (TPSA) is 111 Å².